The van der Waals surface area contributed by atoms with Gasteiger partial charge in [0.25, 0.3) is 0 Å². The molecule has 0 aliphatic rings. The lowest BCUT2D eigenvalue weighted by Gasteiger charge is -2.13. The van der Waals surface area contributed by atoms with E-state index in [9.17, 15) is 4.79 Å². The summed E-state index contributed by atoms with van der Waals surface area (Å²) in [5.74, 6) is 0.788. The van der Waals surface area contributed by atoms with Crippen molar-refractivity contribution in [2.45, 2.75) is 0 Å². The maximum atomic E-state index is 12.7. The van der Waals surface area contributed by atoms with Gasteiger partial charge in [0.2, 0.25) is 0 Å². The molecule has 0 N–H and O–H groups in total. The van der Waals surface area contributed by atoms with Crippen LogP contribution in [0, 0.1) is 0 Å². The summed E-state index contributed by atoms with van der Waals surface area (Å²) in [6, 6.07) is 8.48. The monoisotopic (exact) mass is 432 g/mol. The number of carbonyl (C=O) groups is 1. The van der Waals surface area contributed by atoms with Crippen molar-refractivity contribution in [3.8, 4) is 11.5 Å². The third-order valence-electron chi connectivity index (χ3n) is 2.91. The Labute approximate surface area is 144 Å². The Kier molecular flexibility index (Phi) is 5.30. The second kappa shape index (κ2) is 6.81. The van der Waals surface area contributed by atoms with Gasteiger partial charge in [0.05, 0.1) is 24.8 Å². The third kappa shape index (κ3) is 3.25. The predicted molar refractivity (Wildman–Crippen MR) is 89.8 cm³/mol. The molecule has 0 amide bonds. The summed E-state index contributed by atoms with van der Waals surface area (Å²) in [6.45, 7) is 0. The highest BCUT2D eigenvalue weighted by atomic mass is 79.9. The fraction of sp³-hybridized carbons (Fsp3) is 0.133. The summed E-state index contributed by atoms with van der Waals surface area (Å²) in [4.78, 5) is 12.7. The molecule has 0 fully saturated rings. The molecule has 6 heteroatoms. The molecule has 2 aromatic carbocycles. The molecular formula is C15H11Br2ClO3. The van der Waals surface area contributed by atoms with Crippen molar-refractivity contribution in [3.05, 3.63) is 55.4 Å². The van der Waals surface area contributed by atoms with Crippen LogP contribution in [0.3, 0.4) is 0 Å². The van der Waals surface area contributed by atoms with Crippen LogP contribution < -0.4 is 9.47 Å². The number of methoxy groups -OCH3 is 2. The molecule has 0 saturated heterocycles. The van der Waals surface area contributed by atoms with Gasteiger partial charge in [-0.3, -0.25) is 4.79 Å². The molecule has 110 valence electrons. The van der Waals surface area contributed by atoms with Gasteiger partial charge in [-0.2, -0.15) is 0 Å². The molecule has 0 heterocycles. The number of benzene rings is 2. The average molecular weight is 435 g/mol. The second-order valence-corrected chi connectivity index (χ2v) is 6.23. The van der Waals surface area contributed by atoms with Crippen LogP contribution in [-0.4, -0.2) is 20.0 Å². The maximum absolute atomic E-state index is 12.7. The van der Waals surface area contributed by atoms with Crippen molar-refractivity contribution >= 4 is 49.2 Å². The number of rotatable bonds is 4. The van der Waals surface area contributed by atoms with E-state index in [1.807, 2.05) is 0 Å². The summed E-state index contributed by atoms with van der Waals surface area (Å²) < 4.78 is 11.9. The average Bonchev–Trinajstić information content (AvgIpc) is 2.46. The minimum absolute atomic E-state index is 0.215. The Bertz CT molecular complexity index is 702. The molecule has 0 aromatic heterocycles. The first-order valence-corrected chi connectivity index (χ1v) is 7.86. The highest BCUT2D eigenvalue weighted by Crippen LogP contribution is 2.38. The largest absolute Gasteiger partial charge is 0.495 e. The Morgan fingerprint density at radius 3 is 2.29 bits per heavy atom. The number of carbonyl (C=O) groups excluding carboxylic acids is 1. The minimum Gasteiger partial charge on any atom is -0.495 e. The van der Waals surface area contributed by atoms with E-state index >= 15 is 0 Å². The topological polar surface area (TPSA) is 35.5 Å². The Morgan fingerprint density at radius 2 is 1.71 bits per heavy atom. The number of halogens is 3. The standard InChI is InChI=1S/C15H11Br2ClO3/c1-20-12-6-5-10(15(21-2)13(12)17)14(19)9-4-3-8(16)7-11(9)18/h3-7H,1-2H3. The van der Waals surface area contributed by atoms with E-state index in [4.69, 9.17) is 21.1 Å². The van der Waals surface area contributed by atoms with Gasteiger partial charge in [0.1, 0.15) is 16.0 Å². The predicted octanol–water partition coefficient (Wildman–Crippen LogP) is 5.11. The molecule has 0 spiro atoms. The van der Waals surface area contributed by atoms with Gasteiger partial charge in [-0.1, -0.05) is 27.5 Å². The van der Waals surface area contributed by atoms with Gasteiger partial charge in [-0.05, 0) is 46.3 Å². The van der Waals surface area contributed by atoms with Crippen LogP contribution in [0.25, 0.3) is 0 Å². The first-order valence-electron chi connectivity index (χ1n) is 5.89. The molecule has 0 aliphatic heterocycles. The first-order chi connectivity index (χ1) is 9.99. The lowest BCUT2D eigenvalue weighted by atomic mass is 10.0. The third-order valence-corrected chi connectivity index (χ3v) is 4.46. The molecule has 0 aliphatic carbocycles. The van der Waals surface area contributed by atoms with Gasteiger partial charge in [0.15, 0.2) is 5.78 Å². The van der Waals surface area contributed by atoms with Crippen LogP contribution in [0.1, 0.15) is 15.9 Å². The van der Waals surface area contributed by atoms with Crippen LogP contribution in [0.5, 0.6) is 11.5 Å². The molecule has 0 saturated carbocycles. The Hall–Kier alpha value is -1.04. The number of hydrogen-bond donors (Lipinski definition) is 0. The lowest BCUT2D eigenvalue weighted by Crippen LogP contribution is -2.06. The van der Waals surface area contributed by atoms with Crippen molar-refractivity contribution in [1.82, 2.24) is 0 Å². The normalized spacial score (nSPS) is 10.3. The van der Waals surface area contributed by atoms with Crippen LogP contribution in [0.2, 0.25) is 5.02 Å². The SMILES string of the molecule is COc1ccc(C(=O)c2ccc(Br)cc2Cl)c(OC)c1Br. The molecule has 2 aromatic rings. The van der Waals surface area contributed by atoms with Crippen molar-refractivity contribution in [3.63, 3.8) is 0 Å². The van der Waals surface area contributed by atoms with E-state index in [2.05, 4.69) is 31.9 Å². The van der Waals surface area contributed by atoms with Crippen LogP contribution in [-0.2, 0) is 0 Å². The van der Waals surface area contributed by atoms with E-state index in [0.717, 1.165) is 4.47 Å². The molecule has 3 nitrogen and oxygen atoms in total. The first kappa shape index (κ1) is 16.3. The zero-order valence-electron chi connectivity index (χ0n) is 11.2. The van der Waals surface area contributed by atoms with Crippen LogP contribution >= 0.6 is 43.5 Å². The second-order valence-electron chi connectivity index (χ2n) is 4.12. The molecule has 2 rings (SSSR count). The molecule has 0 radical (unpaired) electrons. The van der Waals surface area contributed by atoms with E-state index < -0.39 is 0 Å². The fourth-order valence-electron chi connectivity index (χ4n) is 1.89. The lowest BCUT2D eigenvalue weighted by molar-refractivity contribution is 0.103. The summed E-state index contributed by atoms with van der Waals surface area (Å²) in [5.41, 5.74) is 0.824. The van der Waals surface area contributed by atoms with Crippen LogP contribution in [0.4, 0.5) is 0 Å². The molecule has 21 heavy (non-hydrogen) atoms. The molecule has 0 bridgehead atoms. The smallest absolute Gasteiger partial charge is 0.198 e. The van der Waals surface area contributed by atoms with Crippen molar-refractivity contribution < 1.29 is 14.3 Å². The number of ether oxygens (including phenoxy) is 2. The fourth-order valence-corrected chi connectivity index (χ4v) is 3.32. The number of ketones is 1. The zero-order valence-corrected chi connectivity index (χ0v) is 15.2. The highest BCUT2D eigenvalue weighted by Gasteiger charge is 2.21. The van der Waals surface area contributed by atoms with Gasteiger partial charge < -0.3 is 9.47 Å². The zero-order chi connectivity index (χ0) is 15.6. The van der Waals surface area contributed by atoms with Crippen molar-refractivity contribution in [1.29, 1.82) is 0 Å². The van der Waals surface area contributed by atoms with Crippen molar-refractivity contribution in [2.24, 2.45) is 0 Å². The maximum Gasteiger partial charge on any atom is 0.198 e. The minimum atomic E-state index is -0.215. The van der Waals surface area contributed by atoms with Gasteiger partial charge >= 0.3 is 0 Å². The molecular weight excluding hydrogens is 423 g/mol. The quantitative estimate of drug-likeness (QED) is 0.627. The van der Waals surface area contributed by atoms with E-state index in [1.54, 1.807) is 37.4 Å². The summed E-state index contributed by atoms with van der Waals surface area (Å²) >= 11 is 12.8. The molecule has 0 atom stereocenters. The summed E-state index contributed by atoms with van der Waals surface area (Å²) in [7, 11) is 3.05. The summed E-state index contributed by atoms with van der Waals surface area (Å²) in [6.07, 6.45) is 0. The van der Waals surface area contributed by atoms with Crippen molar-refractivity contribution in [2.75, 3.05) is 14.2 Å². The van der Waals surface area contributed by atoms with Gasteiger partial charge in [-0.15, -0.1) is 0 Å². The summed E-state index contributed by atoms with van der Waals surface area (Å²) in [5, 5.41) is 0.378. The van der Waals surface area contributed by atoms with E-state index in [0.29, 0.717) is 32.1 Å². The molecule has 0 unspecified atom stereocenters. The van der Waals surface area contributed by atoms with Crippen LogP contribution in [0.15, 0.2) is 39.3 Å². The highest BCUT2D eigenvalue weighted by molar-refractivity contribution is 9.11. The van der Waals surface area contributed by atoms with Gasteiger partial charge in [0, 0.05) is 10.0 Å². The van der Waals surface area contributed by atoms with E-state index in [-0.39, 0.29) is 5.78 Å². The Balaban J connectivity index is 2.55. The van der Waals surface area contributed by atoms with E-state index in [1.165, 1.54) is 7.11 Å². The number of hydrogen-bond acceptors (Lipinski definition) is 3. The van der Waals surface area contributed by atoms with Gasteiger partial charge in [-0.25, -0.2) is 0 Å². The Morgan fingerprint density at radius 1 is 1.05 bits per heavy atom.